The molecular weight excluding hydrogens is 362 g/mol. The predicted octanol–water partition coefficient (Wildman–Crippen LogP) is 2.67. The van der Waals surface area contributed by atoms with E-state index in [0.29, 0.717) is 13.0 Å². The summed E-state index contributed by atoms with van der Waals surface area (Å²) in [5.41, 5.74) is 3.52. The van der Waals surface area contributed by atoms with Gasteiger partial charge in [-0.1, -0.05) is 12.1 Å². The molecule has 0 aromatic heterocycles. The number of carbonyl (C=O) groups excluding carboxylic acids is 1. The summed E-state index contributed by atoms with van der Waals surface area (Å²) in [5, 5.41) is 0. The minimum atomic E-state index is -3.63. The Morgan fingerprint density at radius 1 is 1.11 bits per heavy atom. The summed E-state index contributed by atoms with van der Waals surface area (Å²) in [6.07, 6.45) is 1.39. The van der Waals surface area contributed by atoms with E-state index in [1.165, 1.54) is 0 Å². The third kappa shape index (κ3) is 4.31. The highest BCUT2D eigenvalue weighted by molar-refractivity contribution is 7.89. The Morgan fingerprint density at radius 2 is 1.81 bits per heavy atom. The zero-order valence-corrected chi connectivity index (χ0v) is 16.7. The first-order valence-electron chi connectivity index (χ1n) is 8.95. The molecule has 1 aliphatic rings. The molecule has 144 valence electrons. The van der Waals surface area contributed by atoms with Crippen LogP contribution in [0.5, 0.6) is 0 Å². The van der Waals surface area contributed by atoms with Gasteiger partial charge in [0.1, 0.15) is 0 Å². The van der Waals surface area contributed by atoms with E-state index in [1.54, 1.807) is 23.1 Å². The molecule has 0 radical (unpaired) electrons. The molecule has 1 aliphatic heterocycles. The number of rotatable bonds is 6. The maximum atomic E-state index is 12.6. The van der Waals surface area contributed by atoms with Crippen molar-refractivity contribution in [1.29, 1.82) is 0 Å². The molecule has 0 spiro atoms. The highest BCUT2D eigenvalue weighted by atomic mass is 32.2. The van der Waals surface area contributed by atoms with E-state index in [0.717, 1.165) is 28.9 Å². The van der Waals surface area contributed by atoms with E-state index in [2.05, 4.69) is 4.72 Å². The Hall–Kier alpha value is -2.38. The molecule has 7 heteroatoms. The van der Waals surface area contributed by atoms with E-state index in [4.69, 9.17) is 0 Å². The van der Waals surface area contributed by atoms with Crippen LogP contribution in [-0.2, 0) is 21.4 Å². The molecule has 1 saturated heterocycles. The molecule has 1 amide bonds. The first kappa shape index (κ1) is 19.4. The molecule has 1 N–H and O–H groups in total. The van der Waals surface area contributed by atoms with Gasteiger partial charge in [-0.2, -0.15) is 0 Å². The Kier molecular flexibility index (Phi) is 5.53. The summed E-state index contributed by atoms with van der Waals surface area (Å²) in [5.74, 6) is 0.0907. The van der Waals surface area contributed by atoms with Crippen LogP contribution in [0.3, 0.4) is 0 Å². The van der Waals surface area contributed by atoms with Crippen LogP contribution in [0.15, 0.2) is 47.4 Å². The fraction of sp³-hybridized carbons (Fsp3) is 0.350. The first-order chi connectivity index (χ1) is 12.8. The van der Waals surface area contributed by atoms with Gasteiger partial charge < -0.3 is 9.80 Å². The van der Waals surface area contributed by atoms with Crippen molar-refractivity contribution in [3.63, 3.8) is 0 Å². The van der Waals surface area contributed by atoms with Crippen molar-refractivity contribution in [1.82, 2.24) is 4.72 Å². The van der Waals surface area contributed by atoms with Crippen LogP contribution in [-0.4, -0.2) is 35.0 Å². The fourth-order valence-corrected chi connectivity index (χ4v) is 4.28. The quantitative estimate of drug-likeness (QED) is 0.827. The van der Waals surface area contributed by atoms with Gasteiger partial charge in [0, 0.05) is 45.0 Å². The zero-order valence-electron chi connectivity index (χ0n) is 15.9. The molecule has 3 rings (SSSR count). The summed E-state index contributed by atoms with van der Waals surface area (Å²) in [6.45, 7) is 2.74. The van der Waals surface area contributed by atoms with Gasteiger partial charge >= 0.3 is 0 Å². The van der Waals surface area contributed by atoms with Crippen molar-refractivity contribution in [3.8, 4) is 0 Å². The average Bonchev–Trinajstić information content (AvgIpc) is 3.06. The Morgan fingerprint density at radius 3 is 2.37 bits per heavy atom. The largest absolute Gasteiger partial charge is 0.378 e. The van der Waals surface area contributed by atoms with Crippen molar-refractivity contribution >= 4 is 27.3 Å². The molecule has 27 heavy (non-hydrogen) atoms. The number of carbonyl (C=O) groups is 1. The third-order valence-electron chi connectivity index (χ3n) is 4.76. The third-order valence-corrected chi connectivity index (χ3v) is 6.16. The Labute approximate surface area is 160 Å². The number of benzene rings is 2. The number of amides is 1. The van der Waals surface area contributed by atoms with Crippen LogP contribution in [0.4, 0.5) is 11.4 Å². The first-order valence-corrected chi connectivity index (χ1v) is 10.4. The van der Waals surface area contributed by atoms with Crippen LogP contribution >= 0.6 is 0 Å². The summed E-state index contributed by atoms with van der Waals surface area (Å²) >= 11 is 0. The molecular formula is C20H25N3O3S. The van der Waals surface area contributed by atoms with Crippen molar-refractivity contribution in [2.45, 2.75) is 31.2 Å². The molecule has 6 nitrogen and oxygen atoms in total. The Bertz CT molecular complexity index is 937. The van der Waals surface area contributed by atoms with E-state index in [-0.39, 0.29) is 17.3 Å². The normalized spacial score (nSPS) is 14.6. The standard InChI is InChI=1S/C20H25N3O3S/c1-15-13-18(10-11-19(15)23-12-4-5-20(23)24)27(25,26)21-14-16-6-8-17(9-7-16)22(2)3/h6-11,13,21H,4-5,12,14H2,1-3H3. The molecule has 0 aliphatic carbocycles. The number of hydrogen-bond acceptors (Lipinski definition) is 4. The van der Waals surface area contributed by atoms with Crippen LogP contribution in [0.25, 0.3) is 0 Å². The molecule has 2 aromatic carbocycles. The lowest BCUT2D eigenvalue weighted by Gasteiger charge is -2.19. The number of nitrogens with one attached hydrogen (secondary N) is 1. The van der Waals surface area contributed by atoms with Crippen LogP contribution in [0.1, 0.15) is 24.0 Å². The number of anilines is 2. The fourth-order valence-electron chi connectivity index (χ4n) is 3.17. The van der Waals surface area contributed by atoms with Gasteiger partial charge in [0.15, 0.2) is 0 Å². The SMILES string of the molecule is Cc1cc(S(=O)(=O)NCc2ccc(N(C)C)cc2)ccc1N1CCCC1=O. The summed E-state index contributed by atoms with van der Waals surface area (Å²) in [4.78, 5) is 15.9. The predicted molar refractivity (Wildman–Crippen MR) is 108 cm³/mol. The maximum Gasteiger partial charge on any atom is 0.240 e. The number of hydrogen-bond donors (Lipinski definition) is 1. The molecule has 1 heterocycles. The molecule has 0 unspecified atom stereocenters. The summed E-state index contributed by atoms with van der Waals surface area (Å²) < 4.78 is 27.9. The highest BCUT2D eigenvalue weighted by Gasteiger charge is 2.24. The van der Waals surface area contributed by atoms with Gasteiger partial charge in [0.25, 0.3) is 0 Å². The number of aryl methyl sites for hydroxylation is 1. The zero-order chi connectivity index (χ0) is 19.6. The molecule has 0 atom stereocenters. The monoisotopic (exact) mass is 387 g/mol. The summed E-state index contributed by atoms with van der Waals surface area (Å²) in [6, 6.07) is 12.6. The Balaban J connectivity index is 1.72. The van der Waals surface area contributed by atoms with Crippen LogP contribution < -0.4 is 14.5 Å². The lowest BCUT2D eigenvalue weighted by molar-refractivity contribution is -0.117. The van der Waals surface area contributed by atoms with E-state index in [1.807, 2.05) is 50.2 Å². The lowest BCUT2D eigenvalue weighted by atomic mass is 10.2. The van der Waals surface area contributed by atoms with Crippen molar-refractivity contribution in [3.05, 3.63) is 53.6 Å². The molecule has 0 bridgehead atoms. The second-order valence-corrected chi connectivity index (χ2v) is 8.75. The average molecular weight is 388 g/mol. The van der Waals surface area contributed by atoms with Crippen LogP contribution in [0.2, 0.25) is 0 Å². The highest BCUT2D eigenvalue weighted by Crippen LogP contribution is 2.27. The van der Waals surface area contributed by atoms with Gasteiger partial charge in [-0.25, -0.2) is 13.1 Å². The topological polar surface area (TPSA) is 69.7 Å². The van der Waals surface area contributed by atoms with Crippen molar-refractivity contribution < 1.29 is 13.2 Å². The van der Waals surface area contributed by atoms with Gasteiger partial charge in [-0.05, 0) is 54.8 Å². The van der Waals surface area contributed by atoms with Gasteiger partial charge in [-0.15, -0.1) is 0 Å². The molecule has 1 fully saturated rings. The van der Waals surface area contributed by atoms with Gasteiger partial charge in [0.05, 0.1) is 4.90 Å². The van der Waals surface area contributed by atoms with Crippen LogP contribution in [0, 0.1) is 6.92 Å². The number of sulfonamides is 1. The lowest BCUT2D eigenvalue weighted by Crippen LogP contribution is -2.26. The van der Waals surface area contributed by atoms with E-state index < -0.39 is 10.0 Å². The molecule has 2 aromatic rings. The smallest absolute Gasteiger partial charge is 0.240 e. The van der Waals surface area contributed by atoms with E-state index >= 15 is 0 Å². The second-order valence-electron chi connectivity index (χ2n) is 6.98. The minimum Gasteiger partial charge on any atom is -0.378 e. The molecule has 0 saturated carbocycles. The maximum absolute atomic E-state index is 12.6. The summed E-state index contributed by atoms with van der Waals surface area (Å²) in [7, 11) is 0.290. The van der Waals surface area contributed by atoms with Gasteiger partial charge in [0.2, 0.25) is 15.9 Å². The van der Waals surface area contributed by atoms with Crippen molar-refractivity contribution in [2.24, 2.45) is 0 Å². The van der Waals surface area contributed by atoms with Crippen molar-refractivity contribution in [2.75, 3.05) is 30.4 Å². The van der Waals surface area contributed by atoms with Gasteiger partial charge in [-0.3, -0.25) is 4.79 Å². The van der Waals surface area contributed by atoms with E-state index in [9.17, 15) is 13.2 Å². The minimum absolute atomic E-state index is 0.0907. The second kappa shape index (κ2) is 7.70. The number of nitrogens with zero attached hydrogens (tertiary/aromatic N) is 2.